The van der Waals surface area contributed by atoms with Gasteiger partial charge in [0.25, 0.3) is 0 Å². The van der Waals surface area contributed by atoms with Crippen LogP contribution in [0.4, 0.5) is 0 Å². The van der Waals surface area contributed by atoms with E-state index in [0.717, 1.165) is 13.0 Å². The molecule has 1 fully saturated rings. The lowest BCUT2D eigenvalue weighted by atomic mass is 10.0. The summed E-state index contributed by atoms with van der Waals surface area (Å²) in [6.07, 6.45) is 10.4. The third-order valence-corrected chi connectivity index (χ3v) is 4.79. The monoisotopic (exact) mass is 319 g/mol. The molecule has 1 saturated heterocycles. The second-order valence-corrected chi connectivity index (χ2v) is 6.72. The summed E-state index contributed by atoms with van der Waals surface area (Å²) in [5.74, 6) is 0. The predicted molar refractivity (Wildman–Crippen MR) is 95.6 cm³/mol. The van der Waals surface area contributed by atoms with Crippen molar-refractivity contribution < 1.29 is 9.84 Å². The number of hydrogen-bond acceptors (Lipinski definition) is 3. The van der Waals surface area contributed by atoms with Crippen LogP contribution in [0.3, 0.4) is 0 Å². The summed E-state index contributed by atoms with van der Waals surface area (Å²) in [6, 6.07) is 8.94. The molecule has 23 heavy (non-hydrogen) atoms. The number of benzene rings is 1. The van der Waals surface area contributed by atoms with Crippen LogP contribution in [0.5, 0.6) is 0 Å². The lowest BCUT2D eigenvalue weighted by molar-refractivity contribution is 0.0198. The van der Waals surface area contributed by atoms with Gasteiger partial charge in [0, 0.05) is 0 Å². The minimum Gasteiger partial charge on any atom is -0.395 e. The van der Waals surface area contributed by atoms with Crippen molar-refractivity contribution in [1.82, 2.24) is 5.32 Å². The summed E-state index contributed by atoms with van der Waals surface area (Å²) in [4.78, 5) is 0. The average molecular weight is 319 g/mol. The maximum absolute atomic E-state index is 9.28. The van der Waals surface area contributed by atoms with Crippen LogP contribution in [0, 0.1) is 0 Å². The number of aryl methyl sites for hydroxylation is 1. The molecular weight excluding hydrogens is 286 g/mol. The van der Waals surface area contributed by atoms with E-state index in [0.29, 0.717) is 6.61 Å². The molecule has 2 rings (SSSR count). The molecular formula is C20H33NO2. The fraction of sp³-hybridized carbons (Fsp3) is 0.700. The minimum atomic E-state index is 0.0991. The van der Waals surface area contributed by atoms with Gasteiger partial charge in [-0.05, 0) is 36.9 Å². The molecule has 3 heteroatoms. The van der Waals surface area contributed by atoms with Crippen molar-refractivity contribution in [3.05, 3.63) is 35.4 Å². The zero-order chi connectivity index (χ0) is 16.3. The van der Waals surface area contributed by atoms with Crippen molar-refractivity contribution in [2.75, 3.05) is 13.2 Å². The summed E-state index contributed by atoms with van der Waals surface area (Å²) in [5, 5.41) is 12.5. The first kappa shape index (κ1) is 18.4. The fourth-order valence-corrected chi connectivity index (χ4v) is 3.24. The Hall–Kier alpha value is -0.900. The van der Waals surface area contributed by atoms with E-state index in [2.05, 4.69) is 36.5 Å². The van der Waals surface area contributed by atoms with Crippen molar-refractivity contribution in [1.29, 1.82) is 0 Å². The van der Waals surface area contributed by atoms with Crippen LogP contribution in [0.1, 0.15) is 63.0 Å². The molecule has 2 N–H and O–H groups in total. The van der Waals surface area contributed by atoms with Gasteiger partial charge in [-0.2, -0.15) is 0 Å². The standard InChI is InChI=1S/C20H33NO2/c1-2-3-4-5-6-7-8-17-9-11-18(12-10-17)16-23-20-13-14-21-19(20)15-22/h9-12,19-22H,2-8,13-16H2,1H3/t19-,20+/m0/s1. The fourth-order valence-electron chi connectivity index (χ4n) is 3.24. The maximum atomic E-state index is 9.28. The first-order chi connectivity index (χ1) is 11.3. The summed E-state index contributed by atoms with van der Waals surface area (Å²) in [7, 11) is 0. The molecule has 0 spiro atoms. The zero-order valence-corrected chi connectivity index (χ0v) is 14.6. The molecule has 1 aromatic carbocycles. The molecule has 1 heterocycles. The minimum absolute atomic E-state index is 0.0991. The van der Waals surface area contributed by atoms with Gasteiger partial charge in [0.15, 0.2) is 0 Å². The van der Waals surface area contributed by atoms with Crippen LogP contribution in [-0.4, -0.2) is 30.4 Å². The van der Waals surface area contributed by atoms with Crippen LogP contribution in [0.2, 0.25) is 0 Å². The smallest absolute Gasteiger partial charge is 0.0767 e. The van der Waals surface area contributed by atoms with E-state index < -0.39 is 0 Å². The van der Waals surface area contributed by atoms with Gasteiger partial charge in [-0.15, -0.1) is 0 Å². The highest BCUT2D eigenvalue weighted by atomic mass is 16.5. The highest BCUT2D eigenvalue weighted by Gasteiger charge is 2.26. The summed E-state index contributed by atoms with van der Waals surface area (Å²) < 4.78 is 5.95. The van der Waals surface area contributed by atoms with Gasteiger partial charge >= 0.3 is 0 Å². The SMILES string of the molecule is CCCCCCCCc1ccc(CO[C@@H]2CCN[C@H]2CO)cc1. The predicted octanol–water partition coefficient (Wildman–Crippen LogP) is 3.83. The molecule has 130 valence electrons. The Morgan fingerprint density at radius 3 is 2.48 bits per heavy atom. The molecule has 0 unspecified atom stereocenters. The second-order valence-electron chi connectivity index (χ2n) is 6.72. The Kier molecular flexibility index (Phi) is 8.66. The van der Waals surface area contributed by atoms with Gasteiger partial charge in [-0.3, -0.25) is 0 Å². The number of unbranched alkanes of at least 4 members (excludes halogenated alkanes) is 5. The molecule has 0 aliphatic carbocycles. The third-order valence-electron chi connectivity index (χ3n) is 4.79. The Labute approximate surface area is 141 Å². The normalized spacial score (nSPS) is 21.0. The lowest BCUT2D eigenvalue weighted by Gasteiger charge is -2.18. The van der Waals surface area contributed by atoms with Crippen LogP contribution >= 0.6 is 0 Å². The van der Waals surface area contributed by atoms with Crippen LogP contribution in [-0.2, 0) is 17.8 Å². The van der Waals surface area contributed by atoms with Gasteiger partial charge in [-0.25, -0.2) is 0 Å². The van der Waals surface area contributed by atoms with Gasteiger partial charge in [0.1, 0.15) is 0 Å². The topological polar surface area (TPSA) is 41.5 Å². The van der Waals surface area contributed by atoms with Crippen molar-refractivity contribution in [3.63, 3.8) is 0 Å². The van der Waals surface area contributed by atoms with Crippen molar-refractivity contribution in [2.45, 2.75) is 77.0 Å². The molecule has 1 aromatic rings. The lowest BCUT2D eigenvalue weighted by Crippen LogP contribution is -2.35. The Bertz CT molecular complexity index is 418. The Morgan fingerprint density at radius 1 is 1.04 bits per heavy atom. The van der Waals surface area contributed by atoms with E-state index in [-0.39, 0.29) is 18.8 Å². The number of hydrogen-bond donors (Lipinski definition) is 2. The van der Waals surface area contributed by atoms with Crippen molar-refractivity contribution >= 4 is 0 Å². The molecule has 3 nitrogen and oxygen atoms in total. The second kappa shape index (κ2) is 10.8. The number of rotatable bonds is 11. The molecule has 0 amide bonds. The first-order valence-corrected chi connectivity index (χ1v) is 9.37. The van der Waals surface area contributed by atoms with Gasteiger partial charge in [0.2, 0.25) is 0 Å². The first-order valence-electron chi connectivity index (χ1n) is 9.37. The highest BCUT2D eigenvalue weighted by Crippen LogP contribution is 2.15. The Morgan fingerprint density at radius 2 is 1.74 bits per heavy atom. The molecule has 2 atom stereocenters. The molecule has 1 aliphatic heterocycles. The average Bonchev–Trinajstić information content (AvgIpc) is 3.05. The quantitative estimate of drug-likeness (QED) is 0.609. The van der Waals surface area contributed by atoms with E-state index in [1.807, 2.05) is 0 Å². The van der Waals surface area contributed by atoms with Crippen molar-refractivity contribution in [3.8, 4) is 0 Å². The van der Waals surface area contributed by atoms with E-state index in [1.165, 1.54) is 56.1 Å². The van der Waals surface area contributed by atoms with Crippen LogP contribution in [0.15, 0.2) is 24.3 Å². The Balaban J connectivity index is 1.64. The van der Waals surface area contributed by atoms with E-state index in [4.69, 9.17) is 4.74 Å². The molecule has 0 bridgehead atoms. The van der Waals surface area contributed by atoms with Gasteiger partial charge < -0.3 is 15.2 Å². The maximum Gasteiger partial charge on any atom is 0.0767 e. The molecule has 0 radical (unpaired) electrons. The van der Waals surface area contributed by atoms with Gasteiger partial charge in [0.05, 0.1) is 25.4 Å². The zero-order valence-electron chi connectivity index (χ0n) is 14.6. The summed E-state index contributed by atoms with van der Waals surface area (Å²) >= 11 is 0. The number of nitrogens with one attached hydrogen (secondary N) is 1. The molecule has 0 saturated carbocycles. The summed E-state index contributed by atoms with van der Waals surface area (Å²) in [6.45, 7) is 3.99. The molecule has 0 aromatic heterocycles. The molecule has 1 aliphatic rings. The highest BCUT2D eigenvalue weighted by molar-refractivity contribution is 5.22. The van der Waals surface area contributed by atoms with Crippen LogP contribution in [0.25, 0.3) is 0 Å². The van der Waals surface area contributed by atoms with Crippen LogP contribution < -0.4 is 5.32 Å². The van der Waals surface area contributed by atoms with E-state index >= 15 is 0 Å². The van der Waals surface area contributed by atoms with Gasteiger partial charge in [-0.1, -0.05) is 63.3 Å². The van der Waals surface area contributed by atoms with Crippen molar-refractivity contribution in [2.24, 2.45) is 0 Å². The summed E-state index contributed by atoms with van der Waals surface area (Å²) in [5.41, 5.74) is 2.65. The largest absolute Gasteiger partial charge is 0.395 e. The third kappa shape index (κ3) is 6.62. The number of ether oxygens (including phenoxy) is 1. The van der Waals surface area contributed by atoms with E-state index in [9.17, 15) is 5.11 Å². The number of aliphatic hydroxyl groups is 1. The number of aliphatic hydroxyl groups excluding tert-OH is 1. The van der Waals surface area contributed by atoms with E-state index in [1.54, 1.807) is 0 Å².